The first-order valence-electron chi connectivity index (χ1n) is 10.1. The van der Waals surface area contributed by atoms with E-state index in [1.807, 2.05) is 0 Å². The fourth-order valence-corrected chi connectivity index (χ4v) is 4.79. The average Bonchev–Trinajstić information content (AvgIpc) is 3.35. The van der Waals surface area contributed by atoms with E-state index in [9.17, 15) is 31.6 Å². The number of hydrogen-bond donors (Lipinski definition) is 1. The lowest BCUT2D eigenvalue weighted by Crippen LogP contribution is -2.47. The van der Waals surface area contributed by atoms with Crippen molar-refractivity contribution in [1.82, 2.24) is 0 Å². The second-order valence-corrected chi connectivity index (χ2v) is 9.23. The number of carbonyl (C=O) groups is 3. The van der Waals surface area contributed by atoms with Gasteiger partial charge in [0.15, 0.2) is 0 Å². The molecule has 6 unspecified atom stereocenters. The predicted octanol–water partition coefficient (Wildman–Crippen LogP) is -0.591. The molecule has 3 fully saturated rings. The topological polar surface area (TPSA) is 161 Å². The van der Waals surface area contributed by atoms with Gasteiger partial charge in [-0.1, -0.05) is 0 Å². The molecule has 3 rings (SSSR count). The molecule has 0 aromatic carbocycles. The monoisotopic (exact) mass is 502 g/mol. The van der Waals surface area contributed by atoms with Crippen LogP contribution in [-0.4, -0.2) is 95.1 Å². The number of methoxy groups -OCH3 is 1. The van der Waals surface area contributed by atoms with E-state index in [4.69, 9.17) is 28.2 Å². The summed E-state index contributed by atoms with van der Waals surface area (Å²) in [6.45, 7) is 1.28. The van der Waals surface area contributed by atoms with Crippen LogP contribution in [0.3, 0.4) is 0 Å². The Morgan fingerprint density at radius 1 is 1.09 bits per heavy atom. The van der Waals surface area contributed by atoms with Crippen molar-refractivity contribution in [3.8, 4) is 0 Å². The van der Waals surface area contributed by atoms with Gasteiger partial charge in [0.1, 0.15) is 18.8 Å². The van der Waals surface area contributed by atoms with E-state index < -0.39 is 69.2 Å². The first-order chi connectivity index (χ1) is 15.5. The third-order valence-corrected chi connectivity index (χ3v) is 6.71. The van der Waals surface area contributed by atoms with Gasteiger partial charge in [0.25, 0.3) is 0 Å². The van der Waals surface area contributed by atoms with Gasteiger partial charge in [-0.05, 0) is 6.42 Å². The van der Waals surface area contributed by atoms with Crippen molar-refractivity contribution < 1.29 is 64.6 Å². The zero-order valence-corrected chi connectivity index (χ0v) is 18.3. The molecule has 0 aromatic rings. The van der Waals surface area contributed by atoms with Crippen molar-refractivity contribution in [2.45, 2.75) is 23.9 Å². The van der Waals surface area contributed by atoms with E-state index in [1.54, 1.807) is 0 Å². The molecule has 1 heterocycles. The van der Waals surface area contributed by atoms with Crippen LogP contribution >= 0.6 is 0 Å². The molecule has 1 N–H and O–H groups in total. The second kappa shape index (κ2) is 10.1. The predicted molar refractivity (Wildman–Crippen MR) is 99.3 cm³/mol. The highest BCUT2D eigenvalue weighted by Gasteiger charge is 2.71. The maximum absolute atomic E-state index is 13.6. The number of alkyl halides is 2. The molecule has 0 spiro atoms. The molecule has 2 saturated carbocycles. The van der Waals surface area contributed by atoms with Crippen LogP contribution in [0.4, 0.5) is 8.78 Å². The zero-order valence-electron chi connectivity index (χ0n) is 17.5. The number of rotatable bonds is 13. The van der Waals surface area contributed by atoms with Gasteiger partial charge in [-0.15, -0.1) is 0 Å². The average molecular weight is 502 g/mol. The molecule has 0 aromatic heterocycles. The SMILES string of the molecule is COCCOCCOCCOC(=O)C1C2CC3C(OC(=O)C31)C2OC(=O)C(F)(F)S(=O)(=O)O. The van der Waals surface area contributed by atoms with Crippen LogP contribution in [0.1, 0.15) is 6.42 Å². The van der Waals surface area contributed by atoms with E-state index in [0.717, 1.165) is 0 Å². The summed E-state index contributed by atoms with van der Waals surface area (Å²) in [7, 11) is -4.54. The Labute approximate surface area is 187 Å². The Bertz CT molecular complexity index is 862. The molecule has 6 atom stereocenters. The maximum atomic E-state index is 13.6. The highest BCUT2D eigenvalue weighted by atomic mass is 32.2. The lowest BCUT2D eigenvalue weighted by atomic mass is 9.78. The molecule has 2 aliphatic carbocycles. The highest BCUT2D eigenvalue weighted by Crippen LogP contribution is 2.59. The van der Waals surface area contributed by atoms with E-state index in [-0.39, 0.29) is 26.2 Å². The molecular weight excluding hydrogens is 478 g/mol. The van der Waals surface area contributed by atoms with Crippen LogP contribution in [0.5, 0.6) is 0 Å². The van der Waals surface area contributed by atoms with Gasteiger partial charge in [-0.2, -0.15) is 17.2 Å². The molecule has 15 heteroatoms. The molecule has 33 heavy (non-hydrogen) atoms. The fraction of sp³-hybridized carbons (Fsp3) is 0.833. The highest BCUT2D eigenvalue weighted by molar-refractivity contribution is 7.87. The number of carbonyl (C=O) groups excluding carboxylic acids is 3. The third-order valence-electron chi connectivity index (χ3n) is 5.90. The number of halogens is 2. The summed E-state index contributed by atoms with van der Waals surface area (Å²) in [6, 6.07) is 0. The Morgan fingerprint density at radius 3 is 2.30 bits per heavy atom. The minimum atomic E-state index is -6.07. The van der Waals surface area contributed by atoms with Gasteiger partial charge in [0.05, 0.1) is 44.9 Å². The van der Waals surface area contributed by atoms with E-state index in [0.29, 0.717) is 19.8 Å². The van der Waals surface area contributed by atoms with Crippen LogP contribution < -0.4 is 0 Å². The molecular formula is C18H24F2O12S. The Kier molecular flexibility index (Phi) is 7.88. The van der Waals surface area contributed by atoms with Gasteiger partial charge in [-0.3, -0.25) is 14.1 Å². The summed E-state index contributed by atoms with van der Waals surface area (Å²) < 4.78 is 87.5. The summed E-state index contributed by atoms with van der Waals surface area (Å²) in [6.07, 6.45) is -2.40. The Hall–Kier alpha value is -1.94. The summed E-state index contributed by atoms with van der Waals surface area (Å²) >= 11 is 0. The first-order valence-corrected chi connectivity index (χ1v) is 11.5. The molecule has 1 aliphatic heterocycles. The summed E-state index contributed by atoms with van der Waals surface area (Å²) in [4.78, 5) is 36.6. The van der Waals surface area contributed by atoms with Crippen LogP contribution in [0.15, 0.2) is 0 Å². The quantitative estimate of drug-likeness (QED) is 0.148. The van der Waals surface area contributed by atoms with Gasteiger partial charge < -0.3 is 28.4 Å². The minimum Gasteiger partial charge on any atom is -0.463 e. The van der Waals surface area contributed by atoms with Gasteiger partial charge in [0, 0.05) is 18.9 Å². The molecule has 1 saturated heterocycles. The fourth-order valence-electron chi connectivity index (χ4n) is 4.53. The molecule has 12 nitrogen and oxygen atoms in total. The van der Waals surface area contributed by atoms with E-state index in [1.165, 1.54) is 7.11 Å². The van der Waals surface area contributed by atoms with Crippen LogP contribution in [0, 0.1) is 23.7 Å². The van der Waals surface area contributed by atoms with Crippen molar-refractivity contribution in [2.24, 2.45) is 23.7 Å². The Balaban J connectivity index is 1.54. The summed E-state index contributed by atoms with van der Waals surface area (Å²) in [5.41, 5.74) is 0. The van der Waals surface area contributed by atoms with Crippen molar-refractivity contribution in [3.05, 3.63) is 0 Å². The molecule has 0 radical (unpaired) electrons. The smallest absolute Gasteiger partial charge is 0.463 e. The maximum Gasteiger partial charge on any atom is 0.465 e. The Morgan fingerprint density at radius 2 is 1.70 bits per heavy atom. The first kappa shape index (κ1) is 25.7. The van der Waals surface area contributed by atoms with E-state index in [2.05, 4.69) is 4.74 Å². The number of esters is 3. The van der Waals surface area contributed by atoms with Crippen LogP contribution in [-0.2, 0) is 52.9 Å². The summed E-state index contributed by atoms with van der Waals surface area (Å²) in [5.74, 6) is -7.53. The zero-order chi connectivity index (χ0) is 24.4. The van der Waals surface area contributed by atoms with Crippen molar-refractivity contribution >= 4 is 28.0 Å². The normalized spacial score (nSPS) is 30.4. The molecule has 188 valence electrons. The van der Waals surface area contributed by atoms with Crippen LogP contribution in [0.25, 0.3) is 0 Å². The third kappa shape index (κ3) is 5.11. The second-order valence-electron chi connectivity index (χ2n) is 7.76. The van der Waals surface area contributed by atoms with Crippen molar-refractivity contribution in [1.29, 1.82) is 0 Å². The minimum absolute atomic E-state index is 0.0386. The van der Waals surface area contributed by atoms with Crippen molar-refractivity contribution in [3.63, 3.8) is 0 Å². The molecule has 0 amide bonds. The summed E-state index contributed by atoms with van der Waals surface area (Å²) in [5, 5.41) is -5.21. The van der Waals surface area contributed by atoms with Crippen LogP contribution in [0.2, 0.25) is 0 Å². The van der Waals surface area contributed by atoms with E-state index >= 15 is 0 Å². The number of ether oxygens (including phenoxy) is 6. The molecule has 2 bridgehead atoms. The van der Waals surface area contributed by atoms with Crippen molar-refractivity contribution in [2.75, 3.05) is 46.8 Å². The standard InChI is InChI=1S/C18H24F2O12S/c1-27-2-3-28-4-5-29-6-7-30-15(21)11-9-8-10-12(11)16(22)31-13(10)14(9)32-17(23)18(19,20)33(24,25)26/h9-14H,2-8H2,1H3,(H,24,25,26). The number of fused-ring (bicyclic) bond motifs is 1. The number of hydrogen-bond acceptors (Lipinski definition) is 11. The lowest BCUT2D eigenvalue weighted by molar-refractivity contribution is -0.179. The van der Waals surface area contributed by atoms with Gasteiger partial charge in [-0.25, -0.2) is 4.79 Å². The van der Waals surface area contributed by atoms with Gasteiger partial charge in [0.2, 0.25) is 0 Å². The largest absolute Gasteiger partial charge is 0.465 e. The van der Waals surface area contributed by atoms with Gasteiger partial charge >= 0.3 is 33.3 Å². The lowest BCUT2D eigenvalue weighted by Gasteiger charge is -2.30. The molecule has 3 aliphatic rings.